The average Bonchev–Trinajstić information content (AvgIpc) is 2.16. The van der Waals surface area contributed by atoms with Crippen molar-refractivity contribution in [2.75, 3.05) is 30.9 Å². The third kappa shape index (κ3) is 1.50. The fourth-order valence-electron chi connectivity index (χ4n) is 1.82. The Morgan fingerprint density at radius 1 is 1.43 bits per heavy atom. The fraction of sp³-hybridized carbons (Fsp3) is 0.556. The summed E-state index contributed by atoms with van der Waals surface area (Å²) in [7, 11) is 3.90. The highest BCUT2D eigenvalue weighted by molar-refractivity contribution is 6.28. The second-order valence-electron chi connectivity index (χ2n) is 3.41. The lowest BCUT2D eigenvalue weighted by Crippen LogP contribution is -2.27. The lowest BCUT2D eigenvalue weighted by molar-refractivity contribution is 0.721. The summed E-state index contributed by atoms with van der Waals surface area (Å²) < 4.78 is 0. The van der Waals surface area contributed by atoms with Crippen molar-refractivity contribution >= 4 is 23.1 Å². The maximum absolute atomic E-state index is 5.83. The van der Waals surface area contributed by atoms with Gasteiger partial charge in [0.2, 0.25) is 5.28 Å². The molecule has 0 saturated heterocycles. The summed E-state index contributed by atoms with van der Waals surface area (Å²) >= 11 is 5.83. The molecule has 76 valence electrons. The number of hydrogen-bond donors (Lipinski definition) is 1. The highest BCUT2D eigenvalue weighted by Crippen LogP contribution is 2.31. The zero-order valence-electron chi connectivity index (χ0n) is 8.34. The Morgan fingerprint density at radius 2 is 2.21 bits per heavy atom. The van der Waals surface area contributed by atoms with Gasteiger partial charge in [-0.2, -0.15) is 4.98 Å². The van der Waals surface area contributed by atoms with Crippen molar-refractivity contribution in [3.8, 4) is 0 Å². The summed E-state index contributed by atoms with van der Waals surface area (Å²) in [5.74, 6) is 0.821. The Morgan fingerprint density at radius 3 is 2.93 bits per heavy atom. The lowest BCUT2D eigenvalue weighted by Gasteiger charge is -2.28. The third-order valence-electron chi connectivity index (χ3n) is 2.45. The van der Waals surface area contributed by atoms with E-state index in [1.807, 2.05) is 7.05 Å². The Kier molecular flexibility index (Phi) is 2.46. The lowest BCUT2D eigenvalue weighted by atomic mass is 10.1. The molecule has 0 amide bonds. The van der Waals surface area contributed by atoms with Crippen LogP contribution in [0.1, 0.15) is 12.1 Å². The number of anilines is 2. The molecule has 1 aromatic rings. The molecular formula is C9H13ClN4. The molecule has 0 radical (unpaired) electrons. The van der Waals surface area contributed by atoms with Gasteiger partial charge in [-0.3, -0.25) is 0 Å². The van der Waals surface area contributed by atoms with Crippen LogP contribution in [0, 0.1) is 0 Å². The zero-order valence-corrected chi connectivity index (χ0v) is 9.10. The third-order valence-corrected chi connectivity index (χ3v) is 2.62. The number of fused-ring (bicyclic) bond motifs is 1. The van der Waals surface area contributed by atoms with Crippen LogP contribution in [0.15, 0.2) is 0 Å². The molecule has 0 bridgehead atoms. The van der Waals surface area contributed by atoms with Crippen molar-refractivity contribution in [3.05, 3.63) is 11.0 Å². The number of hydrogen-bond acceptors (Lipinski definition) is 4. The number of halogens is 1. The van der Waals surface area contributed by atoms with Crippen LogP contribution in [0.4, 0.5) is 11.5 Å². The molecular weight excluding hydrogens is 200 g/mol. The van der Waals surface area contributed by atoms with Crippen LogP contribution in [0.3, 0.4) is 0 Å². The van der Waals surface area contributed by atoms with Gasteiger partial charge in [0, 0.05) is 20.6 Å². The van der Waals surface area contributed by atoms with Crippen LogP contribution in [-0.2, 0) is 6.42 Å². The summed E-state index contributed by atoms with van der Waals surface area (Å²) in [5, 5.41) is 3.37. The summed E-state index contributed by atoms with van der Waals surface area (Å²) in [6.45, 7) is 1.05. The first-order valence-corrected chi connectivity index (χ1v) is 5.05. The quantitative estimate of drug-likeness (QED) is 0.718. The van der Waals surface area contributed by atoms with E-state index in [0.29, 0.717) is 5.28 Å². The minimum atomic E-state index is 0.323. The first kappa shape index (κ1) is 9.52. The highest BCUT2D eigenvalue weighted by atomic mass is 35.5. The molecule has 0 aliphatic carbocycles. The number of aryl methyl sites for hydroxylation is 1. The van der Waals surface area contributed by atoms with Gasteiger partial charge in [0.1, 0.15) is 5.69 Å². The monoisotopic (exact) mass is 212 g/mol. The fourth-order valence-corrected chi connectivity index (χ4v) is 2.00. The number of nitrogens with one attached hydrogen (secondary N) is 1. The molecule has 2 heterocycles. The van der Waals surface area contributed by atoms with Crippen molar-refractivity contribution in [2.45, 2.75) is 12.8 Å². The highest BCUT2D eigenvalue weighted by Gasteiger charge is 2.20. The molecule has 1 N–H and O–H groups in total. The Balaban J connectivity index is 2.55. The van der Waals surface area contributed by atoms with Gasteiger partial charge in [-0.15, -0.1) is 0 Å². The zero-order chi connectivity index (χ0) is 10.1. The smallest absolute Gasteiger partial charge is 0.224 e. The van der Waals surface area contributed by atoms with Crippen LogP contribution in [0.5, 0.6) is 0 Å². The standard InChI is InChI=1S/C9H13ClN4/c1-11-8-7-6(12-9(10)13-8)4-3-5-14(7)2/h3-5H2,1-2H3,(H,11,12,13). The summed E-state index contributed by atoms with van der Waals surface area (Å²) in [6, 6.07) is 0. The van der Waals surface area contributed by atoms with E-state index in [4.69, 9.17) is 11.6 Å². The van der Waals surface area contributed by atoms with E-state index in [9.17, 15) is 0 Å². The van der Waals surface area contributed by atoms with Gasteiger partial charge in [0.25, 0.3) is 0 Å². The van der Waals surface area contributed by atoms with E-state index in [0.717, 1.165) is 36.6 Å². The SMILES string of the molecule is CNc1nc(Cl)nc2c1N(C)CCC2. The summed E-state index contributed by atoms with van der Waals surface area (Å²) in [6.07, 6.45) is 2.11. The van der Waals surface area contributed by atoms with Crippen molar-refractivity contribution in [1.82, 2.24) is 9.97 Å². The van der Waals surface area contributed by atoms with E-state index in [2.05, 4.69) is 27.2 Å². The summed E-state index contributed by atoms with van der Waals surface area (Å²) in [5.41, 5.74) is 2.13. The Labute approximate surface area is 88.3 Å². The molecule has 14 heavy (non-hydrogen) atoms. The van der Waals surface area contributed by atoms with E-state index in [1.165, 1.54) is 0 Å². The average molecular weight is 213 g/mol. The molecule has 2 rings (SSSR count). The van der Waals surface area contributed by atoms with Crippen LogP contribution in [-0.4, -0.2) is 30.6 Å². The maximum atomic E-state index is 5.83. The topological polar surface area (TPSA) is 41.1 Å². The van der Waals surface area contributed by atoms with Gasteiger partial charge in [-0.05, 0) is 24.4 Å². The van der Waals surface area contributed by atoms with Crippen LogP contribution < -0.4 is 10.2 Å². The second kappa shape index (κ2) is 3.61. The molecule has 5 heteroatoms. The molecule has 1 aliphatic heterocycles. The van der Waals surface area contributed by atoms with E-state index >= 15 is 0 Å². The predicted molar refractivity (Wildman–Crippen MR) is 58.2 cm³/mol. The first-order valence-electron chi connectivity index (χ1n) is 4.67. The minimum Gasteiger partial charge on any atom is -0.371 e. The Bertz CT molecular complexity index is 336. The van der Waals surface area contributed by atoms with Gasteiger partial charge in [0.15, 0.2) is 5.82 Å². The normalized spacial score (nSPS) is 15.2. The van der Waals surface area contributed by atoms with Crippen molar-refractivity contribution < 1.29 is 0 Å². The van der Waals surface area contributed by atoms with Crippen molar-refractivity contribution in [3.63, 3.8) is 0 Å². The van der Waals surface area contributed by atoms with Crippen LogP contribution in [0.2, 0.25) is 5.28 Å². The number of rotatable bonds is 1. The van der Waals surface area contributed by atoms with Crippen molar-refractivity contribution in [2.24, 2.45) is 0 Å². The predicted octanol–water partition coefficient (Wildman–Crippen LogP) is 1.55. The van der Waals surface area contributed by atoms with Gasteiger partial charge in [-0.1, -0.05) is 0 Å². The molecule has 0 atom stereocenters. The molecule has 0 aromatic carbocycles. The van der Waals surface area contributed by atoms with Gasteiger partial charge < -0.3 is 10.2 Å². The van der Waals surface area contributed by atoms with E-state index in [-0.39, 0.29) is 0 Å². The maximum Gasteiger partial charge on any atom is 0.224 e. The van der Waals surface area contributed by atoms with Gasteiger partial charge in [-0.25, -0.2) is 4.98 Å². The minimum absolute atomic E-state index is 0.323. The number of nitrogens with zero attached hydrogens (tertiary/aromatic N) is 3. The molecule has 0 fully saturated rings. The molecule has 0 saturated carbocycles. The van der Waals surface area contributed by atoms with Crippen LogP contribution >= 0.6 is 11.6 Å². The van der Waals surface area contributed by atoms with Crippen LogP contribution in [0.25, 0.3) is 0 Å². The van der Waals surface area contributed by atoms with Gasteiger partial charge in [0.05, 0.1) is 5.69 Å². The summed E-state index contributed by atoms with van der Waals surface area (Å²) in [4.78, 5) is 10.6. The molecule has 0 spiro atoms. The molecule has 1 aliphatic rings. The second-order valence-corrected chi connectivity index (χ2v) is 3.75. The largest absolute Gasteiger partial charge is 0.371 e. The molecule has 0 unspecified atom stereocenters. The van der Waals surface area contributed by atoms with Gasteiger partial charge >= 0.3 is 0 Å². The molecule has 1 aromatic heterocycles. The number of aromatic nitrogens is 2. The Hall–Kier alpha value is -1.03. The molecule has 4 nitrogen and oxygen atoms in total. The van der Waals surface area contributed by atoms with Crippen molar-refractivity contribution in [1.29, 1.82) is 0 Å². The van der Waals surface area contributed by atoms with E-state index < -0.39 is 0 Å². The first-order chi connectivity index (χ1) is 6.72. The van der Waals surface area contributed by atoms with E-state index in [1.54, 1.807) is 0 Å².